The molecule has 0 spiro atoms. The zero-order valence-electron chi connectivity index (χ0n) is 16.1. The summed E-state index contributed by atoms with van der Waals surface area (Å²) in [6.07, 6.45) is -0.00587. The third-order valence-corrected chi connectivity index (χ3v) is 4.81. The lowest BCUT2D eigenvalue weighted by atomic mass is 10.1. The summed E-state index contributed by atoms with van der Waals surface area (Å²) < 4.78 is 10.4. The number of nitrogens with zero attached hydrogens (tertiary/aromatic N) is 1. The minimum absolute atomic E-state index is 0.00587. The van der Waals surface area contributed by atoms with Gasteiger partial charge in [-0.05, 0) is 37.3 Å². The molecule has 3 rings (SSSR count). The monoisotopic (exact) mass is 416 g/mol. The van der Waals surface area contributed by atoms with Gasteiger partial charge in [0.2, 0.25) is 5.91 Å². The minimum Gasteiger partial charge on any atom is -0.495 e. The van der Waals surface area contributed by atoms with Crippen molar-refractivity contribution in [3.05, 3.63) is 53.1 Å². The molecule has 0 unspecified atom stereocenters. The summed E-state index contributed by atoms with van der Waals surface area (Å²) in [4.78, 5) is 38.2. The zero-order chi connectivity index (χ0) is 21.0. The van der Waals surface area contributed by atoms with Crippen LogP contribution < -0.4 is 15.0 Å². The number of anilines is 2. The smallest absolute Gasteiger partial charge is 0.311 e. The molecule has 1 fully saturated rings. The molecule has 1 aliphatic heterocycles. The van der Waals surface area contributed by atoms with Gasteiger partial charge in [-0.1, -0.05) is 29.3 Å². The summed E-state index contributed by atoms with van der Waals surface area (Å²) in [7, 11) is 1.49. The van der Waals surface area contributed by atoms with Crippen molar-refractivity contribution in [2.24, 2.45) is 5.92 Å². The van der Waals surface area contributed by atoms with Gasteiger partial charge in [0.1, 0.15) is 5.75 Å². The Morgan fingerprint density at radius 3 is 2.62 bits per heavy atom. The molecular formula is C21H21ClN2O5. The predicted molar refractivity (Wildman–Crippen MR) is 109 cm³/mol. The number of hydrogen-bond donors (Lipinski definition) is 1. The van der Waals surface area contributed by atoms with Crippen LogP contribution in [0.5, 0.6) is 5.75 Å². The van der Waals surface area contributed by atoms with E-state index in [0.29, 0.717) is 22.1 Å². The van der Waals surface area contributed by atoms with Crippen molar-refractivity contribution in [2.75, 3.05) is 30.5 Å². The molecule has 2 amide bonds. The number of ether oxygens (including phenoxy) is 2. The van der Waals surface area contributed by atoms with Crippen LogP contribution in [0.25, 0.3) is 0 Å². The highest BCUT2D eigenvalue weighted by molar-refractivity contribution is 6.31. The van der Waals surface area contributed by atoms with Crippen LogP contribution in [0.15, 0.2) is 42.5 Å². The molecule has 0 aliphatic carbocycles. The van der Waals surface area contributed by atoms with Crippen LogP contribution in [0.4, 0.5) is 11.4 Å². The Morgan fingerprint density at radius 1 is 1.21 bits per heavy atom. The number of carbonyl (C=O) groups excluding carboxylic acids is 3. The van der Waals surface area contributed by atoms with Crippen LogP contribution in [0.2, 0.25) is 5.02 Å². The largest absolute Gasteiger partial charge is 0.495 e. The van der Waals surface area contributed by atoms with Crippen molar-refractivity contribution in [3.63, 3.8) is 0 Å². The second kappa shape index (κ2) is 8.96. The number of methoxy groups -OCH3 is 1. The third-order valence-electron chi connectivity index (χ3n) is 4.57. The number of carbonyl (C=O) groups is 3. The number of esters is 1. The average molecular weight is 417 g/mol. The van der Waals surface area contributed by atoms with Crippen molar-refractivity contribution in [2.45, 2.75) is 13.3 Å². The van der Waals surface area contributed by atoms with E-state index < -0.39 is 24.4 Å². The first-order valence-corrected chi connectivity index (χ1v) is 9.42. The van der Waals surface area contributed by atoms with E-state index in [1.807, 2.05) is 19.1 Å². The fourth-order valence-corrected chi connectivity index (χ4v) is 3.23. The summed E-state index contributed by atoms with van der Waals surface area (Å²) in [5.74, 6) is -1.47. The maximum absolute atomic E-state index is 12.4. The quantitative estimate of drug-likeness (QED) is 0.731. The van der Waals surface area contributed by atoms with Gasteiger partial charge in [-0.3, -0.25) is 14.4 Å². The van der Waals surface area contributed by atoms with E-state index >= 15 is 0 Å². The highest BCUT2D eigenvalue weighted by Crippen LogP contribution is 2.35. The Kier molecular flexibility index (Phi) is 6.39. The summed E-state index contributed by atoms with van der Waals surface area (Å²) >= 11 is 6.03. The molecule has 1 saturated heterocycles. The highest BCUT2D eigenvalue weighted by atomic mass is 35.5. The number of nitrogens with one attached hydrogen (secondary N) is 1. The summed E-state index contributed by atoms with van der Waals surface area (Å²) in [5.41, 5.74) is 2.19. The van der Waals surface area contributed by atoms with Crippen LogP contribution in [0.3, 0.4) is 0 Å². The fraction of sp³-hybridized carbons (Fsp3) is 0.286. The maximum atomic E-state index is 12.4. The van der Waals surface area contributed by atoms with Gasteiger partial charge in [-0.2, -0.15) is 0 Å². The molecule has 0 saturated carbocycles. The molecule has 2 aromatic carbocycles. The molecular weight excluding hydrogens is 396 g/mol. The summed E-state index contributed by atoms with van der Waals surface area (Å²) in [6, 6.07) is 12.2. The Hall–Kier alpha value is -3.06. The summed E-state index contributed by atoms with van der Waals surface area (Å²) in [5, 5.41) is 3.11. The van der Waals surface area contributed by atoms with Crippen LogP contribution in [0.1, 0.15) is 12.0 Å². The Bertz CT molecular complexity index is 929. The lowest BCUT2D eigenvalue weighted by molar-refractivity contribution is -0.151. The first kappa shape index (κ1) is 20.7. The van der Waals surface area contributed by atoms with Crippen LogP contribution >= 0.6 is 11.6 Å². The van der Waals surface area contributed by atoms with Gasteiger partial charge < -0.3 is 19.7 Å². The topological polar surface area (TPSA) is 84.9 Å². The molecule has 1 atom stereocenters. The molecule has 1 heterocycles. The first-order chi connectivity index (χ1) is 13.9. The Balaban J connectivity index is 1.57. The first-order valence-electron chi connectivity index (χ1n) is 9.04. The van der Waals surface area contributed by atoms with Crippen molar-refractivity contribution in [3.8, 4) is 5.75 Å². The summed E-state index contributed by atoms with van der Waals surface area (Å²) in [6.45, 7) is 1.66. The lowest BCUT2D eigenvalue weighted by Crippen LogP contribution is -2.28. The zero-order valence-corrected chi connectivity index (χ0v) is 16.9. The lowest BCUT2D eigenvalue weighted by Gasteiger charge is -2.19. The third kappa shape index (κ3) is 5.06. The molecule has 0 bridgehead atoms. The van der Waals surface area contributed by atoms with Gasteiger partial charge in [0.05, 0.1) is 18.7 Å². The van der Waals surface area contributed by atoms with Crippen molar-refractivity contribution < 1.29 is 23.9 Å². The number of benzene rings is 2. The van der Waals surface area contributed by atoms with E-state index in [-0.39, 0.29) is 18.9 Å². The van der Waals surface area contributed by atoms with Gasteiger partial charge in [0.25, 0.3) is 5.91 Å². The highest BCUT2D eigenvalue weighted by Gasteiger charge is 2.37. The van der Waals surface area contributed by atoms with Crippen molar-refractivity contribution >= 4 is 40.8 Å². The van der Waals surface area contributed by atoms with Crippen LogP contribution in [-0.2, 0) is 19.1 Å². The predicted octanol–water partition coefficient (Wildman–Crippen LogP) is 3.19. The molecule has 152 valence electrons. The second-order valence-corrected chi connectivity index (χ2v) is 7.18. The number of amides is 2. The normalized spacial score (nSPS) is 15.9. The van der Waals surface area contributed by atoms with E-state index in [4.69, 9.17) is 21.1 Å². The molecule has 29 heavy (non-hydrogen) atoms. The standard InChI is InChI=1S/C21H21ClN2O5/c1-13-3-6-16(7-4-13)23-19(25)12-29-21(27)14-9-20(26)24(11-14)17-10-15(22)5-8-18(17)28-2/h3-8,10,14H,9,11-12H2,1-2H3,(H,23,25)/t14-/m1/s1. The molecule has 1 aliphatic rings. The number of aryl methyl sites for hydroxylation is 1. The molecule has 7 nitrogen and oxygen atoms in total. The molecule has 0 aromatic heterocycles. The van der Waals surface area contributed by atoms with Gasteiger partial charge in [-0.25, -0.2) is 0 Å². The minimum atomic E-state index is -0.668. The Labute approximate surface area is 173 Å². The van der Waals surface area contributed by atoms with Crippen molar-refractivity contribution in [1.82, 2.24) is 0 Å². The van der Waals surface area contributed by atoms with Gasteiger partial charge in [0.15, 0.2) is 6.61 Å². The average Bonchev–Trinajstić information content (AvgIpc) is 3.09. The SMILES string of the molecule is COc1ccc(Cl)cc1N1C[C@H](C(=O)OCC(=O)Nc2ccc(C)cc2)CC1=O. The number of halogens is 1. The van der Waals surface area contributed by atoms with E-state index in [9.17, 15) is 14.4 Å². The van der Waals surface area contributed by atoms with Gasteiger partial charge >= 0.3 is 5.97 Å². The van der Waals surface area contributed by atoms with E-state index in [0.717, 1.165) is 5.56 Å². The van der Waals surface area contributed by atoms with E-state index in [2.05, 4.69) is 5.32 Å². The molecule has 1 N–H and O–H groups in total. The van der Waals surface area contributed by atoms with Crippen LogP contribution in [0, 0.1) is 12.8 Å². The molecule has 0 radical (unpaired) electrons. The van der Waals surface area contributed by atoms with E-state index in [1.165, 1.54) is 12.0 Å². The van der Waals surface area contributed by atoms with Gasteiger partial charge in [-0.15, -0.1) is 0 Å². The van der Waals surface area contributed by atoms with E-state index in [1.54, 1.807) is 30.3 Å². The van der Waals surface area contributed by atoms with Crippen molar-refractivity contribution in [1.29, 1.82) is 0 Å². The number of hydrogen-bond acceptors (Lipinski definition) is 5. The maximum Gasteiger partial charge on any atom is 0.311 e. The van der Waals surface area contributed by atoms with Crippen LogP contribution in [-0.4, -0.2) is 38.0 Å². The number of rotatable bonds is 6. The second-order valence-electron chi connectivity index (χ2n) is 6.74. The molecule has 8 heteroatoms. The van der Waals surface area contributed by atoms with Gasteiger partial charge in [0, 0.05) is 23.7 Å². The fourth-order valence-electron chi connectivity index (χ4n) is 3.06. The molecule has 2 aromatic rings. The Morgan fingerprint density at radius 2 is 1.93 bits per heavy atom.